The molecule has 0 saturated carbocycles. The molecule has 0 aliphatic carbocycles. The van der Waals surface area contributed by atoms with E-state index in [1.165, 1.54) is 17.9 Å². The van der Waals surface area contributed by atoms with Crippen molar-refractivity contribution in [2.24, 2.45) is 0 Å². The lowest BCUT2D eigenvalue weighted by molar-refractivity contribution is 0.0593. The molecular formula is C19H14ClN3O3. The Kier molecular flexibility index (Phi) is 3.97. The van der Waals surface area contributed by atoms with Crippen LogP contribution in [-0.4, -0.2) is 28.8 Å². The Morgan fingerprint density at radius 2 is 1.96 bits per heavy atom. The van der Waals surface area contributed by atoms with Crippen LogP contribution in [-0.2, 0) is 4.74 Å². The number of aromatic nitrogens is 2. The summed E-state index contributed by atoms with van der Waals surface area (Å²) in [4.78, 5) is 24.6. The zero-order chi connectivity index (χ0) is 18.3. The lowest BCUT2D eigenvalue weighted by atomic mass is 9.97. The van der Waals surface area contributed by atoms with E-state index in [0.29, 0.717) is 10.7 Å². The SMILES string of the molecule is COC(=O)c1cc2n(n1)-c1ccc(Cl)cc1C(c1ccccc1)NC2=O. The number of esters is 1. The van der Waals surface area contributed by atoms with Crippen molar-refractivity contribution in [2.75, 3.05) is 7.11 Å². The number of carbonyl (C=O) groups excluding carboxylic acids is 2. The molecular weight excluding hydrogens is 354 g/mol. The van der Waals surface area contributed by atoms with Gasteiger partial charge >= 0.3 is 5.97 Å². The lowest BCUT2D eigenvalue weighted by Crippen LogP contribution is -2.28. The summed E-state index contributed by atoms with van der Waals surface area (Å²) in [6.07, 6.45) is 0. The van der Waals surface area contributed by atoms with Crippen LogP contribution in [0.4, 0.5) is 0 Å². The third kappa shape index (κ3) is 2.64. The van der Waals surface area contributed by atoms with E-state index in [-0.39, 0.29) is 23.3 Å². The standard InChI is InChI=1S/C19H14ClN3O3/c1-26-19(25)14-10-16-18(24)21-17(11-5-3-2-4-6-11)13-9-12(20)7-8-15(13)23(16)22-14/h2-10,17H,1H3,(H,21,24). The molecule has 1 amide bonds. The molecule has 1 aliphatic heterocycles. The highest BCUT2D eigenvalue weighted by Crippen LogP contribution is 2.33. The molecule has 3 aromatic rings. The van der Waals surface area contributed by atoms with Crippen molar-refractivity contribution >= 4 is 23.5 Å². The summed E-state index contributed by atoms with van der Waals surface area (Å²) in [5, 5.41) is 7.81. The van der Waals surface area contributed by atoms with Gasteiger partial charge in [0.15, 0.2) is 5.69 Å². The smallest absolute Gasteiger partial charge is 0.358 e. The number of nitrogens with zero attached hydrogens (tertiary/aromatic N) is 2. The summed E-state index contributed by atoms with van der Waals surface area (Å²) < 4.78 is 6.16. The maximum atomic E-state index is 12.8. The Bertz CT molecular complexity index is 1010. The molecule has 1 unspecified atom stereocenters. The minimum Gasteiger partial charge on any atom is -0.464 e. The van der Waals surface area contributed by atoms with Gasteiger partial charge in [0, 0.05) is 16.7 Å². The quantitative estimate of drug-likeness (QED) is 0.706. The first-order valence-corrected chi connectivity index (χ1v) is 8.30. The predicted octanol–water partition coefficient (Wildman–Crippen LogP) is 3.15. The van der Waals surface area contributed by atoms with Gasteiger partial charge in [-0.25, -0.2) is 9.48 Å². The number of methoxy groups -OCH3 is 1. The second-order valence-corrected chi connectivity index (χ2v) is 6.27. The van der Waals surface area contributed by atoms with E-state index in [9.17, 15) is 9.59 Å². The van der Waals surface area contributed by atoms with Gasteiger partial charge in [-0.1, -0.05) is 41.9 Å². The number of amides is 1. The van der Waals surface area contributed by atoms with E-state index >= 15 is 0 Å². The van der Waals surface area contributed by atoms with Gasteiger partial charge < -0.3 is 10.1 Å². The lowest BCUT2D eigenvalue weighted by Gasteiger charge is -2.19. The first kappa shape index (κ1) is 16.4. The highest BCUT2D eigenvalue weighted by Gasteiger charge is 2.30. The summed E-state index contributed by atoms with van der Waals surface area (Å²) in [7, 11) is 1.27. The second kappa shape index (κ2) is 6.31. The first-order chi connectivity index (χ1) is 12.6. The third-order valence-electron chi connectivity index (χ3n) is 4.27. The minimum absolute atomic E-state index is 0.0664. The minimum atomic E-state index is -0.603. The largest absolute Gasteiger partial charge is 0.464 e. The van der Waals surface area contributed by atoms with Gasteiger partial charge in [0.2, 0.25) is 0 Å². The summed E-state index contributed by atoms with van der Waals surface area (Å²) in [6.45, 7) is 0. The van der Waals surface area contributed by atoms with Crippen LogP contribution in [0, 0.1) is 0 Å². The van der Waals surface area contributed by atoms with Crippen LogP contribution < -0.4 is 5.32 Å². The van der Waals surface area contributed by atoms with Gasteiger partial charge in [-0.15, -0.1) is 0 Å². The van der Waals surface area contributed by atoms with Crippen molar-refractivity contribution in [3.63, 3.8) is 0 Å². The summed E-state index contributed by atoms with van der Waals surface area (Å²) in [5.41, 5.74) is 2.70. The van der Waals surface area contributed by atoms with Gasteiger partial charge in [0.1, 0.15) is 5.69 Å². The molecule has 1 atom stereocenters. The molecule has 1 aliphatic rings. The number of fused-ring (bicyclic) bond motifs is 3. The van der Waals surface area contributed by atoms with Crippen molar-refractivity contribution < 1.29 is 14.3 Å². The van der Waals surface area contributed by atoms with Crippen molar-refractivity contribution in [2.45, 2.75) is 6.04 Å². The molecule has 0 bridgehead atoms. The van der Waals surface area contributed by atoms with Crippen molar-refractivity contribution in [1.29, 1.82) is 0 Å². The van der Waals surface area contributed by atoms with Crippen LogP contribution in [0.3, 0.4) is 0 Å². The molecule has 2 heterocycles. The van der Waals surface area contributed by atoms with Crippen LogP contribution in [0.15, 0.2) is 54.6 Å². The zero-order valence-electron chi connectivity index (χ0n) is 13.8. The van der Waals surface area contributed by atoms with Gasteiger partial charge in [-0.3, -0.25) is 4.79 Å². The molecule has 6 nitrogen and oxygen atoms in total. The van der Waals surface area contributed by atoms with Gasteiger partial charge in [0.05, 0.1) is 18.8 Å². The number of benzene rings is 2. The van der Waals surface area contributed by atoms with Crippen molar-refractivity contribution in [1.82, 2.24) is 15.1 Å². The highest BCUT2D eigenvalue weighted by molar-refractivity contribution is 6.30. The molecule has 26 heavy (non-hydrogen) atoms. The fraction of sp³-hybridized carbons (Fsp3) is 0.105. The van der Waals surface area contributed by atoms with Crippen LogP contribution in [0.1, 0.15) is 38.1 Å². The predicted molar refractivity (Wildman–Crippen MR) is 95.7 cm³/mol. The van der Waals surface area contributed by atoms with Crippen molar-refractivity contribution in [3.05, 3.63) is 82.1 Å². The monoisotopic (exact) mass is 367 g/mol. The molecule has 0 fully saturated rings. The Morgan fingerprint density at radius 1 is 1.19 bits per heavy atom. The van der Waals surface area contributed by atoms with Crippen LogP contribution in [0.2, 0.25) is 5.02 Å². The van der Waals surface area contributed by atoms with E-state index in [1.54, 1.807) is 18.2 Å². The summed E-state index contributed by atoms with van der Waals surface area (Å²) in [6, 6.07) is 15.9. The molecule has 7 heteroatoms. The maximum absolute atomic E-state index is 12.8. The second-order valence-electron chi connectivity index (χ2n) is 5.84. The van der Waals surface area contributed by atoms with Crippen LogP contribution in [0.25, 0.3) is 5.69 Å². The average Bonchev–Trinajstić information content (AvgIpc) is 3.07. The highest BCUT2D eigenvalue weighted by atomic mass is 35.5. The molecule has 0 saturated heterocycles. The Labute approximate surface area is 154 Å². The Morgan fingerprint density at radius 3 is 2.69 bits per heavy atom. The summed E-state index contributed by atoms with van der Waals surface area (Å²) in [5.74, 6) is -0.942. The fourth-order valence-corrected chi connectivity index (χ4v) is 3.25. The van der Waals surface area contributed by atoms with Gasteiger partial charge in [-0.05, 0) is 23.8 Å². The first-order valence-electron chi connectivity index (χ1n) is 7.92. The Hall–Kier alpha value is -3.12. The zero-order valence-corrected chi connectivity index (χ0v) is 14.5. The normalized spacial score (nSPS) is 15.5. The fourth-order valence-electron chi connectivity index (χ4n) is 3.07. The number of carbonyl (C=O) groups is 2. The van der Waals surface area contributed by atoms with Crippen LogP contribution in [0.5, 0.6) is 0 Å². The maximum Gasteiger partial charge on any atom is 0.358 e. The number of halogens is 1. The number of nitrogens with one attached hydrogen (secondary N) is 1. The summed E-state index contributed by atoms with van der Waals surface area (Å²) >= 11 is 6.21. The topological polar surface area (TPSA) is 73.2 Å². The van der Waals surface area contributed by atoms with E-state index in [0.717, 1.165) is 11.1 Å². The number of hydrogen-bond acceptors (Lipinski definition) is 4. The van der Waals surface area contributed by atoms with Gasteiger partial charge in [-0.2, -0.15) is 5.10 Å². The molecule has 4 rings (SSSR count). The van der Waals surface area contributed by atoms with Crippen molar-refractivity contribution in [3.8, 4) is 5.69 Å². The van der Waals surface area contributed by atoms with E-state index in [1.807, 2.05) is 30.3 Å². The molecule has 0 spiro atoms. The molecule has 0 radical (unpaired) electrons. The van der Waals surface area contributed by atoms with E-state index in [4.69, 9.17) is 16.3 Å². The molecule has 1 N–H and O–H groups in total. The number of rotatable bonds is 2. The molecule has 130 valence electrons. The third-order valence-corrected chi connectivity index (χ3v) is 4.51. The Balaban J connectivity index is 1.94. The average molecular weight is 368 g/mol. The van der Waals surface area contributed by atoms with E-state index < -0.39 is 5.97 Å². The van der Waals surface area contributed by atoms with E-state index in [2.05, 4.69) is 10.4 Å². The molecule has 1 aromatic heterocycles. The number of ether oxygens (including phenoxy) is 1. The van der Waals surface area contributed by atoms with Gasteiger partial charge in [0.25, 0.3) is 5.91 Å². The molecule has 2 aromatic carbocycles. The number of hydrogen-bond donors (Lipinski definition) is 1. The van der Waals surface area contributed by atoms with Crippen LogP contribution >= 0.6 is 11.6 Å².